The lowest BCUT2D eigenvalue weighted by Gasteiger charge is -2.31. The molecule has 0 amide bonds. The normalized spacial score (nSPS) is 21.2. The Balaban J connectivity index is 0.00000180. The van der Waals surface area contributed by atoms with Gasteiger partial charge in [0.25, 0.3) is 0 Å². The average Bonchev–Trinajstić information content (AvgIpc) is 2.77. The zero-order valence-electron chi connectivity index (χ0n) is 11.9. The average molecular weight is 290 g/mol. The molecule has 7 heteroatoms. The fourth-order valence-electron chi connectivity index (χ4n) is 1.99. The van der Waals surface area contributed by atoms with Gasteiger partial charge in [-0.05, 0) is 20.8 Å². The van der Waals surface area contributed by atoms with Gasteiger partial charge in [-0.1, -0.05) is 5.21 Å². The van der Waals surface area contributed by atoms with E-state index in [1.165, 1.54) is 0 Å². The minimum absolute atomic E-state index is 0. The maximum atomic E-state index is 5.64. The first kappa shape index (κ1) is 16.4. The van der Waals surface area contributed by atoms with E-state index in [0.29, 0.717) is 6.54 Å². The summed E-state index contributed by atoms with van der Waals surface area (Å²) in [6.07, 6.45) is 2.17. The maximum absolute atomic E-state index is 5.64. The highest BCUT2D eigenvalue weighted by atomic mass is 35.5. The van der Waals surface area contributed by atoms with Gasteiger partial charge in [0.05, 0.1) is 30.1 Å². The molecule has 2 heterocycles. The first-order valence-electron chi connectivity index (χ1n) is 6.45. The topological polar surface area (TPSA) is 69.2 Å². The van der Waals surface area contributed by atoms with E-state index in [-0.39, 0.29) is 24.0 Å². The van der Waals surface area contributed by atoms with Crippen molar-refractivity contribution in [2.24, 2.45) is 5.73 Å². The summed E-state index contributed by atoms with van der Waals surface area (Å²) >= 11 is 0. The predicted octanol–water partition coefficient (Wildman–Crippen LogP) is 0.614. The van der Waals surface area contributed by atoms with Crippen molar-refractivity contribution in [3.8, 4) is 0 Å². The highest BCUT2D eigenvalue weighted by Gasteiger charge is 2.21. The largest absolute Gasteiger partial charge is 0.374 e. The molecular weight excluding hydrogens is 266 g/mol. The number of halogens is 1. The van der Waals surface area contributed by atoms with E-state index in [4.69, 9.17) is 10.5 Å². The standard InChI is InChI=1S/C12H23N5O.ClH/c1-12(2,3)17-8-10(14-15-17)7-16-4-5-18-11(6-13)9-16;/h8,11H,4-7,9,13H2,1-3H3;1H. The van der Waals surface area contributed by atoms with Gasteiger partial charge in [0, 0.05) is 26.2 Å². The lowest BCUT2D eigenvalue weighted by Crippen LogP contribution is -2.45. The summed E-state index contributed by atoms with van der Waals surface area (Å²) in [6, 6.07) is 0. The van der Waals surface area contributed by atoms with E-state index in [9.17, 15) is 0 Å². The molecule has 0 saturated carbocycles. The Bertz CT molecular complexity index is 390. The Kier molecular flexibility index (Phi) is 5.73. The van der Waals surface area contributed by atoms with E-state index < -0.39 is 0 Å². The number of morpholine rings is 1. The molecule has 1 aromatic heterocycles. The van der Waals surface area contributed by atoms with Gasteiger partial charge in [-0.3, -0.25) is 4.90 Å². The van der Waals surface area contributed by atoms with Gasteiger partial charge in [-0.2, -0.15) is 0 Å². The monoisotopic (exact) mass is 289 g/mol. The molecule has 0 radical (unpaired) electrons. The van der Waals surface area contributed by atoms with Crippen molar-refractivity contribution >= 4 is 12.4 Å². The number of aromatic nitrogens is 3. The fraction of sp³-hybridized carbons (Fsp3) is 0.833. The molecule has 0 aliphatic carbocycles. The van der Waals surface area contributed by atoms with Gasteiger partial charge < -0.3 is 10.5 Å². The van der Waals surface area contributed by atoms with Crippen LogP contribution in [0.3, 0.4) is 0 Å². The molecule has 6 nitrogen and oxygen atoms in total. The minimum Gasteiger partial charge on any atom is -0.374 e. The Morgan fingerprint density at radius 1 is 1.47 bits per heavy atom. The molecule has 1 unspecified atom stereocenters. The minimum atomic E-state index is -0.0178. The zero-order chi connectivity index (χ0) is 13.2. The first-order chi connectivity index (χ1) is 8.49. The smallest absolute Gasteiger partial charge is 0.0967 e. The van der Waals surface area contributed by atoms with Crippen molar-refractivity contribution in [2.45, 2.75) is 39.0 Å². The fourth-order valence-corrected chi connectivity index (χ4v) is 1.99. The molecule has 1 aliphatic rings. The molecule has 1 aliphatic heterocycles. The van der Waals surface area contributed by atoms with Gasteiger partial charge in [0.1, 0.15) is 0 Å². The molecule has 0 aromatic carbocycles. The summed E-state index contributed by atoms with van der Waals surface area (Å²) in [4.78, 5) is 2.32. The van der Waals surface area contributed by atoms with Crippen LogP contribution in [-0.4, -0.2) is 52.2 Å². The molecule has 1 saturated heterocycles. The molecule has 1 aromatic rings. The summed E-state index contributed by atoms with van der Waals surface area (Å²) < 4.78 is 7.45. The molecule has 19 heavy (non-hydrogen) atoms. The van der Waals surface area contributed by atoms with Crippen molar-refractivity contribution in [1.29, 1.82) is 0 Å². The van der Waals surface area contributed by atoms with Crippen molar-refractivity contribution in [1.82, 2.24) is 19.9 Å². The van der Waals surface area contributed by atoms with Crippen molar-refractivity contribution in [2.75, 3.05) is 26.2 Å². The molecular formula is C12H24ClN5O. The van der Waals surface area contributed by atoms with E-state index in [1.807, 2.05) is 10.9 Å². The Hall–Kier alpha value is -0.690. The molecule has 1 atom stereocenters. The second-order valence-corrected chi connectivity index (χ2v) is 5.79. The van der Waals surface area contributed by atoms with E-state index in [0.717, 1.165) is 31.9 Å². The van der Waals surface area contributed by atoms with Crippen LogP contribution in [0.2, 0.25) is 0 Å². The van der Waals surface area contributed by atoms with Crippen LogP contribution in [0.15, 0.2) is 6.20 Å². The van der Waals surface area contributed by atoms with Crippen molar-refractivity contribution in [3.05, 3.63) is 11.9 Å². The molecule has 1 fully saturated rings. The Morgan fingerprint density at radius 3 is 2.79 bits per heavy atom. The molecule has 0 spiro atoms. The molecule has 2 N–H and O–H groups in total. The summed E-state index contributed by atoms with van der Waals surface area (Å²) in [5.41, 5.74) is 6.62. The third kappa shape index (κ3) is 4.42. The predicted molar refractivity (Wildman–Crippen MR) is 76.3 cm³/mol. The highest BCUT2D eigenvalue weighted by Crippen LogP contribution is 2.13. The summed E-state index contributed by atoms with van der Waals surface area (Å²) in [5, 5.41) is 8.40. The number of hydrogen-bond acceptors (Lipinski definition) is 5. The second kappa shape index (κ2) is 6.65. The zero-order valence-corrected chi connectivity index (χ0v) is 12.7. The SMILES string of the molecule is CC(C)(C)n1cc(CN2CCOC(CN)C2)nn1.Cl. The van der Waals surface area contributed by atoms with Crippen LogP contribution in [0.1, 0.15) is 26.5 Å². The van der Waals surface area contributed by atoms with Gasteiger partial charge in [0.2, 0.25) is 0 Å². The van der Waals surface area contributed by atoms with E-state index >= 15 is 0 Å². The lowest BCUT2D eigenvalue weighted by atomic mass is 10.1. The number of hydrogen-bond donors (Lipinski definition) is 1. The van der Waals surface area contributed by atoms with Crippen LogP contribution >= 0.6 is 12.4 Å². The highest BCUT2D eigenvalue weighted by molar-refractivity contribution is 5.85. The van der Waals surface area contributed by atoms with Crippen LogP contribution in [-0.2, 0) is 16.8 Å². The van der Waals surface area contributed by atoms with E-state index in [2.05, 4.69) is 36.0 Å². The summed E-state index contributed by atoms with van der Waals surface area (Å²) in [7, 11) is 0. The van der Waals surface area contributed by atoms with Crippen LogP contribution in [0, 0.1) is 0 Å². The van der Waals surface area contributed by atoms with Crippen LogP contribution < -0.4 is 5.73 Å². The summed E-state index contributed by atoms with van der Waals surface area (Å²) in [6.45, 7) is 10.3. The maximum Gasteiger partial charge on any atom is 0.0967 e. The third-order valence-corrected chi connectivity index (χ3v) is 3.10. The van der Waals surface area contributed by atoms with Gasteiger partial charge in [-0.25, -0.2) is 4.68 Å². The molecule has 2 rings (SSSR count). The van der Waals surface area contributed by atoms with Crippen molar-refractivity contribution in [3.63, 3.8) is 0 Å². The van der Waals surface area contributed by atoms with Crippen LogP contribution in [0.25, 0.3) is 0 Å². The van der Waals surface area contributed by atoms with Crippen LogP contribution in [0.4, 0.5) is 0 Å². The molecule has 0 bridgehead atoms. The summed E-state index contributed by atoms with van der Waals surface area (Å²) in [5.74, 6) is 0. The van der Waals surface area contributed by atoms with Gasteiger partial charge >= 0.3 is 0 Å². The second-order valence-electron chi connectivity index (χ2n) is 5.79. The quantitative estimate of drug-likeness (QED) is 0.883. The number of rotatable bonds is 3. The Morgan fingerprint density at radius 2 is 2.21 bits per heavy atom. The van der Waals surface area contributed by atoms with E-state index in [1.54, 1.807) is 0 Å². The first-order valence-corrected chi connectivity index (χ1v) is 6.45. The van der Waals surface area contributed by atoms with Crippen molar-refractivity contribution < 1.29 is 4.74 Å². The molecule has 110 valence electrons. The third-order valence-electron chi connectivity index (χ3n) is 3.10. The Labute approximate surface area is 120 Å². The lowest BCUT2D eigenvalue weighted by molar-refractivity contribution is -0.0264. The van der Waals surface area contributed by atoms with Gasteiger partial charge in [-0.15, -0.1) is 17.5 Å². The van der Waals surface area contributed by atoms with Gasteiger partial charge in [0.15, 0.2) is 0 Å². The number of ether oxygens (including phenoxy) is 1. The number of nitrogens with two attached hydrogens (primary N) is 1. The van der Waals surface area contributed by atoms with Crippen LogP contribution in [0.5, 0.6) is 0 Å². The number of nitrogens with zero attached hydrogens (tertiary/aromatic N) is 4.